The van der Waals surface area contributed by atoms with E-state index in [2.05, 4.69) is 21.6 Å². The number of ether oxygens (including phenoxy) is 3. The molecule has 6 heteroatoms. The number of hydrogen-bond donors (Lipinski definition) is 0. The highest BCUT2D eigenvalue weighted by atomic mass is 16.5. The van der Waals surface area contributed by atoms with E-state index in [1.165, 1.54) is 0 Å². The van der Waals surface area contributed by atoms with Gasteiger partial charge in [0.2, 0.25) is 5.78 Å². The van der Waals surface area contributed by atoms with E-state index in [-0.39, 0.29) is 11.9 Å². The minimum atomic E-state index is -0.0740. The number of hydrogen-bond acceptors (Lipinski definition) is 5. The van der Waals surface area contributed by atoms with E-state index in [1.54, 1.807) is 0 Å². The summed E-state index contributed by atoms with van der Waals surface area (Å²) in [6.07, 6.45) is 6.38. The third-order valence-electron chi connectivity index (χ3n) is 6.70. The first-order valence-electron chi connectivity index (χ1n) is 11.2. The molecule has 3 aliphatic heterocycles. The SMILES string of the molecule is Cc1c2c(cc3c1O/C(=C\c1cn(C)c4ccccc14)C3=O)CN(CC1CCCO1)CO2. The Morgan fingerprint density at radius 1 is 1.22 bits per heavy atom. The lowest BCUT2D eigenvalue weighted by Crippen LogP contribution is -2.37. The number of fused-ring (bicyclic) bond motifs is 3. The van der Waals surface area contributed by atoms with E-state index in [9.17, 15) is 4.79 Å². The van der Waals surface area contributed by atoms with Gasteiger partial charge in [-0.3, -0.25) is 9.69 Å². The fraction of sp³-hybridized carbons (Fsp3) is 0.346. The van der Waals surface area contributed by atoms with Gasteiger partial charge in [-0.15, -0.1) is 0 Å². The number of allylic oxidation sites excluding steroid dienone is 1. The molecule has 0 radical (unpaired) electrons. The molecule has 0 bridgehead atoms. The molecular formula is C26H26N2O4. The van der Waals surface area contributed by atoms with E-state index in [0.29, 0.717) is 23.8 Å². The van der Waals surface area contributed by atoms with Crippen molar-refractivity contribution in [1.82, 2.24) is 9.47 Å². The van der Waals surface area contributed by atoms with Gasteiger partial charge in [0, 0.05) is 60.5 Å². The summed E-state index contributed by atoms with van der Waals surface area (Å²) in [6.45, 7) is 4.95. The highest BCUT2D eigenvalue weighted by molar-refractivity contribution is 6.15. The van der Waals surface area contributed by atoms with Crippen molar-refractivity contribution < 1.29 is 19.0 Å². The molecule has 1 atom stereocenters. The van der Waals surface area contributed by atoms with Crippen LogP contribution in [-0.4, -0.2) is 41.2 Å². The van der Waals surface area contributed by atoms with Gasteiger partial charge in [0.05, 0.1) is 11.7 Å². The molecule has 6 nitrogen and oxygen atoms in total. The number of carbonyl (C=O) groups excluding carboxylic acids is 1. The maximum Gasteiger partial charge on any atom is 0.231 e. The second kappa shape index (κ2) is 7.50. The van der Waals surface area contributed by atoms with Crippen molar-refractivity contribution in [2.24, 2.45) is 7.05 Å². The van der Waals surface area contributed by atoms with Crippen molar-refractivity contribution in [3.8, 4) is 11.5 Å². The van der Waals surface area contributed by atoms with Crippen LogP contribution >= 0.6 is 0 Å². The zero-order valence-electron chi connectivity index (χ0n) is 18.4. The van der Waals surface area contributed by atoms with Gasteiger partial charge in [-0.1, -0.05) is 18.2 Å². The molecule has 6 rings (SSSR count). The lowest BCUT2D eigenvalue weighted by atomic mass is 10.00. The van der Waals surface area contributed by atoms with Crippen molar-refractivity contribution in [2.45, 2.75) is 32.4 Å². The van der Waals surface area contributed by atoms with Gasteiger partial charge in [0.15, 0.2) is 5.76 Å². The zero-order chi connectivity index (χ0) is 21.8. The van der Waals surface area contributed by atoms with Crippen molar-refractivity contribution in [3.05, 3.63) is 64.5 Å². The van der Waals surface area contributed by atoms with E-state index < -0.39 is 0 Å². The molecular weight excluding hydrogens is 404 g/mol. The number of carbonyl (C=O) groups is 1. The predicted octanol–water partition coefficient (Wildman–Crippen LogP) is 4.43. The molecule has 3 aliphatic rings. The van der Waals surface area contributed by atoms with Crippen molar-refractivity contribution in [3.63, 3.8) is 0 Å². The third-order valence-corrected chi connectivity index (χ3v) is 6.70. The van der Waals surface area contributed by atoms with E-state index in [4.69, 9.17) is 14.2 Å². The molecule has 0 amide bonds. The van der Waals surface area contributed by atoms with Crippen molar-refractivity contribution in [1.29, 1.82) is 0 Å². The number of ketones is 1. The second-order valence-electron chi connectivity index (χ2n) is 8.94. The molecule has 1 unspecified atom stereocenters. The average Bonchev–Trinajstić information content (AvgIpc) is 3.50. The standard InChI is InChI=1S/C26H26N2O4/c1-16-25-18(13-28(15-31-25)14-19-6-5-9-30-19)10-21-24(29)23(32-26(16)21)11-17-12-27(2)22-8-4-3-7-20(17)22/h3-4,7-8,10-12,19H,5-6,9,13-15H2,1-2H3/b23-11-. The summed E-state index contributed by atoms with van der Waals surface area (Å²) in [5.74, 6) is 1.74. The summed E-state index contributed by atoms with van der Waals surface area (Å²) in [6, 6.07) is 10.1. The highest BCUT2D eigenvalue weighted by Crippen LogP contribution is 2.43. The van der Waals surface area contributed by atoms with E-state index >= 15 is 0 Å². The zero-order valence-corrected chi connectivity index (χ0v) is 18.4. The van der Waals surface area contributed by atoms with Crippen molar-refractivity contribution in [2.75, 3.05) is 19.9 Å². The van der Waals surface area contributed by atoms with Crippen LogP contribution in [0.15, 0.2) is 42.3 Å². The van der Waals surface area contributed by atoms with Gasteiger partial charge >= 0.3 is 0 Å². The summed E-state index contributed by atoms with van der Waals surface area (Å²) >= 11 is 0. The Hall–Kier alpha value is -3.09. The molecule has 0 saturated carbocycles. The van der Waals surface area contributed by atoms with Gasteiger partial charge in [-0.05, 0) is 38.0 Å². The Bertz CT molecular complexity index is 1270. The Morgan fingerprint density at radius 3 is 2.94 bits per heavy atom. The first kappa shape index (κ1) is 19.6. The van der Waals surface area contributed by atoms with Crippen LogP contribution in [0.25, 0.3) is 17.0 Å². The first-order valence-corrected chi connectivity index (χ1v) is 11.2. The van der Waals surface area contributed by atoms with Crippen LogP contribution < -0.4 is 9.47 Å². The quantitative estimate of drug-likeness (QED) is 0.576. The Balaban J connectivity index is 1.32. The Labute approximate surface area is 187 Å². The van der Waals surface area contributed by atoms with Crippen LogP contribution in [-0.2, 0) is 18.3 Å². The molecule has 1 aromatic heterocycles. The molecule has 2 aromatic carbocycles. The topological polar surface area (TPSA) is 52.9 Å². The molecule has 0 spiro atoms. The van der Waals surface area contributed by atoms with Crippen molar-refractivity contribution >= 4 is 22.8 Å². The summed E-state index contributed by atoms with van der Waals surface area (Å²) in [5.41, 5.74) is 4.64. The summed E-state index contributed by atoms with van der Waals surface area (Å²) < 4.78 is 20.1. The summed E-state index contributed by atoms with van der Waals surface area (Å²) in [7, 11) is 2.01. The second-order valence-corrected chi connectivity index (χ2v) is 8.94. The average molecular weight is 431 g/mol. The minimum absolute atomic E-state index is 0.0740. The maximum atomic E-state index is 13.3. The van der Waals surface area contributed by atoms with E-state index in [0.717, 1.165) is 65.9 Å². The van der Waals surface area contributed by atoms with Gasteiger partial charge < -0.3 is 18.8 Å². The van der Waals surface area contributed by atoms with Crippen LogP contribution in [0.1, 0.15) is 39.9 Å². The van der Waals surface area contributed by atoms with Gasteiger partial charge in [-0.2, -0.15) is 0 Å². The number of aryl methyl sites for hydroxylation is 1. The molecule has 0 aliphatic carbocycles. The molecule has 1 fully saturated rings. The molecule has 164 valence electrons. The van der Waals surface area contributed by atoms with Crippen LogP contribution in [0.2, 0.25) is 0 Å². The summed E-state index contributed by atoms with van der Waals surface area (Å²) in [4.78, 5) is 15.5. The number of Topliss-reactive ketones (excluding diaryl/α,β-unsaturated/α-hetero) is 1. The van der Waals surface area contributed by atoms with Crippen LogP contribution in [0.4, 0.5) is 0 Å². The van der Waals surface area contributed by atoms with Gasteiger partial charge in [0.25, 0.3) is 0 Å². The first-order chi connectivity index (χ1) is 15.6. The number of aromatic nitrogens is 1. The van der Waals surface area contributed by atoms with Gasteiger partial charge in [0.1, 0.15) is 18.2 Å². The lowest BCUT2D eigenvalue weighted by Gasteiger charge is -2.31. The Kier molecular flexibility index (Phi) is 4.59. The van der Waals surface area contributed by atoms with Crippen LogP contribution in [0.5, 0.6) is 11.5 Å². The molecule has 1 saturated heterocycles. The Morgan fingerprint density at radius 2 is 2.09 bits per heavy atom. The molecule has 32 heavy (non-hydrogen) atoms. The lowest BCUT2D eigenvalue weighted by molar-refractivity contribution is 0.0276. The number of benzene rings is 2. The van der Waals surface area contributed by atoms with Gasteiger partial charge in [-0.25, -0.2) is 0 Å². The number of para-hydroxylation sites is 1. The van der Waals surface area contributed by atoms with Crippen LogP contribution in [0, 0.1) is 6.92 Å². The fourth-order valence-corrected chi connectivity index (χ4v) is 5.12. The molecule has 3 aromatic rings. The van der Waals surface area contributed by atoms with Crippen LogP contribution in [0.3, 0.4) is 0 Å². The number of rotatable bonds is 3. The number of nitrogens with zero attached hydrogens (tertiary/aromatic N) is 2. The normalized spacial score (nSPS) is 21.6. The fourth-order valence-electron chi connectivity index (χ4n) is 5.12. The van der Waals surface area contributed by atoms with E-state index in [1.807, 2.05) is 44.4 Å². The predicted molar refractivity (Wildman–Crippen MR) is 122 cm³/mol. The molecule has 0 N–H and O–H groups in total. The third kappa shape index (κ3) is 3.14. The minimum Gasteiger partial charge on any atom is -0.477 e. The molecule has 4 heterocycles. The highest BCUT2D eigenvalue weighted by Gasteiger charge is 2.34. The maximum absolute atomic E-state index is 13.3. The largest absolute Gasteiger partial charge is 0.477 e. The smallest absolute Gasteiger partial charge is 0.231 e. The monoisotopic (exact) mass is 430 g/mol. The summed E-state index contributed by atoms with van der Waals surface area (Å²) in [5, 5.41) is 1.10.